The fourth-order valence-corrected chi connectivity index (χ4v) is 14.7. The highest BCUT2D eigenvalue weighted by Crippen LogP contribution is 2.43. The van der Waals surface area contributed by atoms with E-state index in [0.29, 0.717) is 53.4 Å². The smallest absolute Gasteiger partial charge is 0.411 e. The average Bonchev–Trinajstić information content (AvgIpc) is 1.64. The quantitative estimate of drug-likeness (QED) is 0.0911. The number of benzene rings is 4. The number of halogens is 7. The zero-order valence-electron chi connectivity index (χ0n) is 54.4. The summed E-state index contributed by atoms with van der Waals surface area (Å²) < 4.78 is 54.0. The standard InChI is InChI=1S/C28H29ClFN3O3.C21H28ClFN2O3.C14H23NO4.C7H7ClFN.ClH/c1-17(34)21-15-32(24-12-5-3-9-20(21)24)16-26(35)33-23-11-4-2-7-18(23)13-25(33)28(36)31-14-19-8-6-10-22(29)27(19)30;1-21(2,3)28-20(27)25-16-10-5-4-7-13(16)11-17(25)19(26)24-12-14-8-6-9-15(22)18(14)23;1-14(2,3)19-13(18)15-10-7-5-4-6-9(10)8-11(15)12(16)17;8-6-3-1-2-5(4-10)7(6)9;/h3,5-6,8-10,12,15,18,23,25H,2,4,7,11,13-14,16H2,1H3,(H,31,36);6,8-9,13,16-17H,4-5,7,10-12H2,1-3H3,(H,24,26);9-11H,4-8H2,1-3H3,(H,16,17);1-3H,4,10H2;1H/t18-,23-,25-;13-,16-,17-;9-,10-,11-;;/m000../s1. The van der Waals surface area contributed by atoms with Gasteiger partial charge >= 0.3 is 18.2 Å². The van der Waals surface area contributed by atoms with E-state index < -0.39 is 64.9 Å². The SMILES string of the molecule is CC(=O)c1cn(CC(=O)N2[C@H](C(=O)NCc3cccc(Cl)c3F)C[C@@H]3CCCC[C@@H]32)c2ccccc12.CC(C)(C)OC(=O)N1[C@H](C(=O)NCc2cccc(Cl)c2F)C[C@@H]2CCCC[C@@H]21.CC(C)(C)OC(=O)N1[C@H](C(=O)O)C[C@@H]2CCCC[C@@H]21.Cl.NCc1cccc(Cl)c1F. The number of hydrogen-bond donors (Lipinski definition) is 4. The molecule has 0 bridgehead atoms. The lowest BCUT2D eigenvalue weighted by molar-refractivity contribution is -0.142. The zero-order valence-corrected chi connectivity index (χ0v) is 57.5. The summed E-state index contributed by atoms with van der Waals surface area (Å²) in [7, 11) is 0. The minimum absolute atomic E-state index is 0. The number of nitrogens with two attached hydrogens (primary N) is 1. The van der Waals surface area contributed by atoms with Gasteiger partial charge in [-0.25, -0.2) is 27.6 Å². The normalized spacial score (nSPS) is 22.8. The molecule has 3 saturated carbocycles. The van der Waals surface area contributed by atoms with E-state index in [1.54, 1.807) is 77.7 Å². The molecule has 3 saturated heterocycles. The molecule has 3 aliphatic heterocycles. The second-order valence-corrected chi connectivity index (χ2v) is 28.2. The van der Waals surface area contributed by atoms with Gasteiger partial charge in [0, 0.05) is 77.1 Å². The van der Waals surface area contributed by atoms with E-state index in [-0.39, 0.29) is 101 Å². The Balaban J connectivity index is 0.000000191. The topological polar surface area (TPSA) is 223 Å². The summed E-state index contributed by atoms with van der Waals surface area (Å²) in [5, 5.41) is 15.9. The van der Waals surface area contributed by atoms with Gasteiger partial charge in [0.25, 0.3) is 0 Å². The molecule has 6 aliphatic rings. The molecule has 24 heteroatoms. The van der Waals surface area contributed by atoms with E-state index in [9.17, 15) is 51.8 Å². The molecule has 94 heavy (non-hydrogen) atoms. The molecule has 512 valence electrons. The summed E-state index contributed by atoms with van der Waals surface area (Å²) >= 11 is 17.1. The van der Waals surface area contributed by atoms with Gasteiger partial charge < -0.3 is 40.4 Å². The van der Waals surface area contributed by atoms with Crippen molar-refractivity contribution in [1.29, 1.82) is 0 Å². The predicted molar refractivity (Wildman–Crippen MR) is 358 cm³/mol. The van der Waals surface area contributed by atoms with Gasteiger partial charge in [-0.15, -0.1) is 12.4 Å². The second kappa shape index (κ2) is 32.9. The third kappa shape index (κ3) is 18.5. The van der Waals surface area contributed by atoms with Crippen LogP contribution in [0.1, 0.15) is 172 Å². The van der Waals surface area contributed by atoms with Crippen LogP contribution in [0.4, 0.5) is 22.8 Å². The van der Waals surface area contributed by atoms with Gasteiger partial charge in [-0.2, -0.15) is 0 Å². The van der Waals surface area contributed by atoms with Crippen molar-refractivity contribution in [3.05, 3.63) is 140 Å². The Morgan fingerprint density at radius 2 is 0.936 bits per heavy atom. The molecular weight excluding hydrogens is 1300 g/mol. The number of aromatic nitrogens is 1. The number of carboxylic acids is 1. The van der Waals surface area contributed by atoms with Crippen molar-refractivity contribution in [2.45, 2.75) is 218 Å². The number of carbonyl (C=O) groups excluding carboxylic acids is 6. The summed E-state index contributed by atoms with van der Waals surface area (Å²) in [6.45, 7) is 12.6. The number of ether oxygens (including phenoxy) is 2. The van der Waals surface area contributed by atoms with Crippen LogP contribution in [-0.2, 0) is 54.8 Å². The molecule has 5 aromatic rings. The van der Waals surface area contributed by atoms with Gasteiger partial charge in [0.05, 0.1) is 15.1 Å². The number of para-hydroxylation sites is 1. The molecule has 0 unspecified atom stereocenters. The van der Waals surface area contributed by atoms with Crippen molar-refractivity contribution >= 4 is 99.8 Å². The maximum Gasteiger partial charge on any atom is 0.411 e. The number of carboxylic acid groups (broad SMARTS) is 1. The van der Waals surface area contributed by atoms with E-state index in [1.165, 1.54) is 30.0 Å². The Morgan fingerprint density at radius 3 is 1.35 bits per heavy atom. The molecule has 11 rings (SSSR count). The number of aliphatic carboxylic acids is 1. The Kier molecular flexibility index (Phi) is 26.2. The molecular formula is C70H88Cl4F3N7O10. The predicted octanol–water partition coefficient (Wildman–Crippen LogP) is 14.8. The fourth-order valence-electron chi connectivity index (χ4n) is 14.1. The Morgan fingerprint density at radius 1 is 0.553 bits per heavy atom. The molecule has 6 fully saturated rings. The maximum absolute atomic E-state index is 14.3. The number of nitrogens with zero attached hydrogens (tertiary/aromatic N) is 4. The van der Waals surface area contributed by atoms with Crippen molar-refractivity contribution in [2.75, 3.05) is 0 Å². The van der Waals surface area contributed by atoms with Gasteiger partial charge in [-0.3, -0.25) is 29.0 Å². The molecule has 4 aromatic carbocycles. The van der Waals surface area contributed by atoms with Gasteiger partial charge in [0.2, 0.25) is 17.7 Å². The van der Waals surface area contributed by atoms with E-state index in [0.717, 1.165) is 88.0 Å². The zero-order chi connectivity index (χ0) is 67.6. The van der Waals surface area contributed by atoms with Crippen LogP contribution in [0.25, 0.3) is 10.9 Å². The van der Waals surface area contributed by atoms with E-state index >= 15 is 0 Å². The summed E-state index contributed by atoms with van der Waals surface area (Å²) in [4.78, 5) is 93.5. The first-order valence-corrected chi connectivity index (χ1v) is 33.4. The van der Waals surface area contributed by atoms with Crippen LogP contribution in [0, 0.1) is 35.2 Å². The number of likely N-dealkylation sites (tertiary alicyclic amines) is 3. The van der Waals surface area contributed by atoms with Crippen molar-refractivity contribution in [1.82, 2.24) is 29.9 Å². The van der Waals surface area contributed by atoms with Gasteiger partial charge in [-0.1, -0.05) is 128 Å². The molecule has 9 atom stereocenters. The maximum atomic E-state index is 14.3. The van der Waals surface area contributed by atoms with Crippen LogP contribution < -0.4 is 16.4 Å². The minimum Gasteiger partial charge on any atom is -0.480 e. The third-order valence-corrected chi connectivity index (χ3v) is 19.2. The molecule has 3 aliphatic carbocycles. The monoisotopic (exact) mass is 1380 g/mol. The second-order valence-electron chi connectivity index (χ2n) is 27.0. The van der Waals surface area contributed by atoms with Gasteiger partial charge in [0.15, 0.2) is 5.78 Å². The Bertz CT molecular complexity index is 3530. The Labute approximate surface area is 569 Å². The van der Waals surface area contributed by atoms with Crippen LogP contribution >= 0.6 is 47.2 Å². The first kappa shape index (κ1) is 74.8. The van der Waals surface area contributed by atoms with Crippen molar-refractivity contribution in [2.24, 2.45) is 23.5 Å². The molecule has 0 spiro atoms. The number of amides is 5. The third-order valence-electron chi connectivity index (χ3n) is 18.3. The summed E-state index contributed by atoms with van der Waals surface area (Å²) in [5.74, 6) is -2.27. The molecule has 17 nitrogen and oxygen atoms in total. The molecule has 5 amide bonds. The highest BCUT2D eigenvalue weighted by molar-refractivity contribution is 6.31. The fraction of sp³-hybridized carbons (Fsp3) is 0.529. The molecule has 4 heterocycles. The van der Waals surface area contributed by atoms with E-state index in [4.69, 9.17) is 50.0 Å². The lowest BCUT2D eigenvalue weighted by Gasteiger charge is -2.34. The van der Waals surface area contributed by atoms with Crippen LogP contribution in [0.5, 0.6) is 0 Å². The first-order chi connectivity index (χ1) is 44.1. The van der Waals surface area contributed by atoms with Crippen molar-refractivity contribution in [3.8, 4) is 0 Å². The summed E-state index contributed by atoms with van der Waals surface area (Å²) in [5.41, 5.74) is 6.47. The van der Waals surface area contributed by atoms with Crippen LogP contribution in [-0.4, -0.2) is 113 Å². The summed E-state index contributed by atoms with van der Waals surface area (Å²) in [6, 6.07) is 19.9. The number of carbonyl (C=O) groups is 7. The number of hydrogen-bond acceptors (Lipinski definition) is 10. The molecule has 5 N–H and O–H groups in total. The number of Topliss-reactive ketones (excluding diaryl/α,β-unsaturated/α-hetero) is 1. The van der Waals surface area contributed by atoms with Crippen molar-refractivity contribution < 1.29 is 61.3 Å². The van der Waals surface area contributed by atoms with Crippen LogP contribution in [0.3, 0.4) is 0 Å². The van der Waals surface area contributed by atoms with E-state index in [2.05, 4.69) is 10.6 Å². The lowest BCUT2D eigenvalue weighted by Crippen LogP contribution is -2.51. The highest BCUT2D eigenvalue weighted by Gasteiger charge is 2.51. The lowest BCUT2D eigenvalue weighted by atomic mass is 9.84. The summed E-state index contributed by atoms with van der Waals surface area (Å²) in [6.07, 6.45) is 14.7. The van der Waals surface area contributed by atoms with Crippen LogP contribution in [0.15, 0.2) is 85.1 Å². The van der Waals surface area contributed by atoms with Gasteiger partial charge in [0.1, 0.15) is 53.3 Å². The van der Waals surface area contributed by atoms with Crippen molar-refractivity contribution in [3.63, 3.8) is 0 Å². The van der Waals surface area contributed by atoms with Crippen LogP contribution in [0.2, 0.25) is 15.1 Å². The number of rotatable bonds is 11. The largest absolute Gasteiger partial charge is 0.480 e. The Hall–Kier alpha value is -6.58. The number of fused-ring (bicyclic) bond motifs is 4. The molecule has 1 aromatic heterocycles. The number of ketones is 1. The molecule has 0 radical (unpaired) electrons. The highest BCUT2D eigenvalue weighted by atomic mass is 35.5. The number of nitrogens with one attached hydrogen (secondary N) is 2. The minimum atomic E-state index is -0.916. The first-order valence-electron chi connectivity index (χ1n) is 32.3. The van der Waals surface area contributed by atoms with Gasteiger partial charge in [-0.05, 0) is 148 Å². The average molecular weight is 1390 g/mol. The van der Waals surface area contributed by atoms with E-state index in [1.807, 2.05) is 45.0 Å².